The second-order valence-corrected chi connectivity index (χ2v) is 4.97. The van der Waals surface area contributed by atoms with Crippen LogP contribution in [-0.4, -0.2) is 18.4 Å². The molecule has 0 fully saturated rings. The first-order valence-corrected chi connectivity index (χ1v) is 7.35. The van der Waals surface area contributed by atoms with Gasteiger partial charge in [-0.05, 0) is 24.1 Å². The Hall–Kier alpha value is -3.06. The Morgan fingerprint density at radius 1 is 1.00 bits per heavy atom. The molecular weight excluding hydrogens is 288 g/mol. The Morgan fingerprint density at radius 3 is 2.43 bits per heavy atom. The van der Waals surface area contributed by atoms with E-state index in [2.05, 4.69) is 16.6 Å². The third-order valence-electron chi connectivity index (χ3n) is 3.28. The van der Waals surface area contributed by atoms with Crippen LogP contribution in [0.1, 0.15) is 22.3 Å². The molecule has 4 nitrogen and oxygen atoms in total. The van der Waals surface area contributed by atoms with Crippen molar-refractivity contribution in [3.8, 4) is 12.3 Å². The quantitative estimate of drug-likeness (QED) is 0.806. The van der Waals surface area contributed by atoms with Crippen LogP contribution >= 0.6 is 0 Å². The van der Waals surface area contributed by atoms with Crippen molar-refractivity contribution in [2.24, 2.45) is 0 Å². The van der Waals surface area contributed by atoms with E-state index in [0.29, 0.717) is 24.1 Å². The molecule has 2 rings (SSSR count). The van der Waals surface area contributed by atoms with Gasteiger partial charge in [-0.2, -0.15) is 0 Å². The van der Waals surface area contributed by atoms with Crippen molar-refractivity contribution in [1.29, 1.82) is 0 Å². The van der Waals surface area contributed by atoms with Crippen molar-refractivity contribution < 1.29 is 9.59 Å². The Labute approximate surface area is 135 Å². The number of nitrogens with one attached hydrogen (secondary N) is 2. The van der Waals surface area contributed by atoms with E-state index in [4.69, 9.17) is 6.42 Å². The largest absolute Gasteiger partial charge is 0.341 e. The van der Waals surface area contributed by atoms with E-state index < -0.39 is 0 Å². The highest BCUT2D eigenvalue weighted by Gasteiger charge is 2.12. The van der Waals surface area contributed by atoms with Gasteiger partial charge in [-0.15, -0.1) is 6.42 Å². The maximum atomic E-state index is 12.1. The van der Waals surface area contributed by atoms with E-state index in [0.717, 1.165) is 5.56 Å². The predicted octanol–water partition coefficient (Wildman–Crippen LogP) is 2.62. The molecule has 0 spiro atoms. The fourth-order valence-corrected chi connectivity index (χ4v) is 2.13. The molecule has 2 amide bonds. The summed E-state index contributed by atoms with van der Waals surface area (Å²) in [5, 5.41) is 5.38. The fourth-order valence-electron chi connectivity index (χ4n) is 2.13. The minimum Gasteiger partial charge on any atom is -0.341 e. The van der Waals surface area contributed by atoms with Crippen LogP contribution in [0.4, 0.5) is 5.69 Å². The van der Waals surface area contributed by atoms with Crippen molar-refractivity contribution >= 4 is 17.5 Å². The molecule has 2 aromatic carbocycles. The number of anilines is 1. The summed E-state index contributed by atoms with van der Waals surface area (Å²) in [7, 11) is 0. The van der Waals surface area contributed by atoms with Crippen LogP contribution in [0.5, 0.6) is 0 Å². The number of hydrogen-bond donors (Lipinski definition) is 2. The molecule has 116 valence electrons. The summed E-state index contributed by atoms with van der Waals surface area (Å²) >= 11 is 0. The lowest BCUT2D eigenvalue weighted by Crippen LogP contribution is -2.25. The number of benzene rings is 2. The van der Waals surface area contributed by atoms with Crippen LogP contribution in [0.2, 0.25) is 0 Å². The van der Waals surface area contributed by atoms with E-state index >= 15 is 0 Å². The van der Waals surface area contributed by atoms with E-state index in [1.54, 1.807) is 24.3 Å². The highest BCUT2D eigenvalue weighted by Crippen LogP contribution is 2.15. The maximum absolute atomic E-state index is 12.1. The smallest absolute Gasteiger partial charge is 0.254 e. The van der Waals surface area contributed by atoms with Crippen molar-refractivity contribution in [2.75, 3.05) is 11.9 Å². The van der Waals surface area contributed by atoms with Gasteiger partial charge < -0.3 is 10.6 Å². The first-order valence-electron chi connectivity index (χ1n) is 7.35. The lowest BCUT2D eigenvalue weighted by molar-refractivity contribution is -0.116. The zero-order chi connectivity index (χ0) is 16.5. The standard InChI is InChI=1S/C19H18N2O2/c1-2-14-20-19(23)16-10-6-7-11-17(16)21-18(22)13-12-15-8-4-3-5-9-15/h1,3-11H,12-14H2,(H,20,23)(H,21,22). The molecule has 0 heterocycles. The Kier molecular flexibility index (Phi) is 5.96. The first kappa shape index (κ1) is 16.3. The maximum Gasteiger partial charge on any atom is 0.254 e. The van der Waals surface area contributed by atoms with Crippen molar-refractivity contribution in [3.63, 3.8) is 0 Å². The SMILES string of the molecule is C#CCNC(=O)c1ccccc1NC(=O)CCc1ccccc1. The van der Waals surface area contributed by atoms with Crippen LogP contribution in [0, 0.1) is 12.3 Å². The molecule has 0 bridgehead atoms. The normalized spacial score (nSPS) is 9.70. The minimum absolute atomic E-state index is 0.133. The van der Waals surface area contributed by atoms with Gasteiger partial charge in [0.15, 0.2) is 0 Å². The molecule has 4 heteroatoms. The van der Waals surface area contributed by atoms with Gasteiger partial charge in [-0.3, -0.25) is 9.59 Å². The van der Waals surface area contributed by atoms with Crippen molar-refractivity contribution in [2.45, 2.75) is 12.8 Å². The minimum atomic E-state index is -0.304. The topological polar surface area (TPSA) is 58.2 Å². The molecule has 0 aromatic heterocycles. The number of amides is 2. The van der Waals surface area contributed by atoms with Gasteiger partial charge >= 0.3 is 0 Å². The van der Waals surface area contributed by atoms with E-state index in [1.807, 2.05) is 30.3 Å². The highest BCUT2D eigenvalue weighted by molar-refractivity contribution is 6.03. The summed E-state index contributed by atoms with van der Waals surface area (Å²) < 4.78 is 0. The number of aryl methyl sites for hydroxylation is 1. The molecule has 0 saturated carbocycles. The zero-order valence-electron chi connectivity index (χ0n) is 12.7. The second-order valence-electron chi connectivity index (χ2n) is 4.97. The third kappa shape index (κ3) is 5.01. The van der Waals surface area contributed by atoms with Gasteiger partial charge in [-0.25, -0.2) is 0 Å². The lowest BCUT2D eigenvalue weighted by Gasteiger charge is -2.10. The highest BCUT2D eigenvalue weighted by atomic mass is 16.2. The summed E-state index contributed by atoms with van der Waals surface area (Å²) in [4.78, 5) is 24.1. The first-order chi connectivity index (χ1) is 11.2. The zero-order valence-corrected chi connectivity index (χ0v) is 12.7. The Bertz CT molecular complexity index is 718. The van der Waals surface area contributed by atoms with Crippen molar-refractivity contribution in [3.05, 3.63) is 65.7 Å². The summed E-state index contributed by atoms with van der Waals surface area (Å²) in [6.07, 6.45) is 6.14. The van der Waals surface area contributed by atoms with Crippen LogP contribution < -0.4 is 10.6 Å². The molecule has 0 atom stereocenters. The molecule has 2 aromatic rings. The number of carbonyl (C=O) groups is 2. The predicted molar refractivity (Wildman–Crippen MR) is 91.0 cm³/mol. The van der Waals surface area contributed by atoms with Gasteiger partial charge in [0.2, 0.25) is 5.91 Å². The molecule has 0 aliphatic rings. The number of rotatable bonds is 6. The van der Waals surface area contributed by atoms with Crippen molar-refractivity contribution in [1.82, 2.24) is 5.32 Å². The molecule has 0 unspecified atom stereocenters. The molecule has 0 aliphatic heterocycles. The Balaban J connectivity index is 1.98. The molecule has 0 saturated heterocycles. The number of hydrogen-bond acceptors (Lipinski definition) is 2. The summed E-state index contributed by atoms with van der Waals surface area (Å²) in [5.41, 5.74) is 1.98. The number of para-hydroxylation sites is 1. The average Bonchev–Trinajstić information content (AvgIpc) is 2.59. The lowest BCUT2D eigenvalue weighted by atomic mass is 10.1. The second kappa shape index (κ2) is 8.40. The monoisotopic (exact) mass is 306 g/mol. The van der Waals surface area contributed by atoms with Crippen LogP contribution in [0.3, 0.4) is 0 Å². The summed E-state index contributed by atoms with van der Waals surface area (Å²) in [5.74, 6) is 1.91. The van der Waals surface area contributed by atoms with Crippen LogP contribution in [0.15, 0.2) is 54.6 Å². The summed E-state index contributed by atoms with van der Waals surface area (Å²) in [6, 6.07) is 16.6. The molecular formula is C19H18N2O2. The Morgan fingerprint density at radius 2 is 1.70 bits per heavy atom. The third-order valence-corrected chi connectivity index (χ3v) is 3.28. The van der Waals surface area contributed by atoms with Gasteiger partial charge in [0, 0.05) is 6.42 Å². The average molecular weight is 306 g/mol. The fraction of sp³-hybridized carbons (Fsp3) is 0.158. The molecule has 0 aliphatic carbocycles. The van der Waals surface area contributed by atoms with Gasteiger partial charge in [0.25, 0.3) is 5.91 Å². The van der Waals surface area contributed by atoms with Gasteiger partial charge in [0.05, 0.1) is 17.8 Å². The van der Waals surface area contributed by atoms with Crippen LogP contribution in [0.25, 0.3) is 0 Å². The van der Waals surface area contributed by atoms with E-state index in [-0.39, 0.29) is 18.4 Å². The van der Waals surface area contributed by atoms with Gasteiger partial charge in [0.1, 0.15) is 0 Å². The van der Waals surface area contributed by atoms with E-state index in [9.17, 15) is 9.59 Å². The van der Waals surface area contributed by atoms with Crippen LogP contribution in [-0.2, 0) is 11.2 Å². The number of terminal acetylenes is 1. The van der Waals surface area contributed by atoms with E-state index in [1.165, 1.54) is 0 Å². The molecule has 2 N–H and O–H groups in total. The van der Waals surface area contributed by atoms with Gasteiger partial charge in [-0.1, -0.05) is 48.4 Å². The molecule has 23 heavy (non-hydrogen) atoms. The molecule has 0 radical (unpaired) electrons. The summed E-state index contributed by atoms with van der Waals surface area (Å²) in [6.45, 7) is 0.148. The number of carbonyl (C=O) groups excluding carboxylic acids is 2.